The molecule has 2 aromatic rings. The zero-order valence-electron chi connectivity index (χ0n) is 15.3. The molecule has 1 heterocycles. The molecule has 2 N–H and O–H groups in total. The minimum Gasteiger partial charge on any atom is -0.481 e. The van der Waals surface area contributed by atoms with Crippen LogP contribution in [-0.4, -0.2) is 34.5 Å². The highest BCUT2D eigenvalue weighted by Gasteiger charge is 2.22. The quantitative estimate of drug-likeness (QED) is 0.471. The fourth-order valence-corrected chi connectivity index (χ4v) is 3.14. The number of hydrogen-bond acceptors (Lipinski definition) is 6. The lowest BCUT2D eigenvalue weighted by Crippen LogP contribution is -2.35. The predicted octanol–water partition coefficient (Wildman–Crippen LogP) is 3.37. The Hall–Kier alpha value is -2.49. The molecule has 0 bridgehead atoms. The molecule has 1 aromatic carbocycles. The van der Waals surface area contributed by atoms with Gasteiger partial charge in [0.15, 0.2) is 5.13 Å². The normalized spacial score (nSPS) is 10.7. The Labute approximate surface area is 171 Å². The van der Waals surface area contributed by atoms with Gasteiger partial charge >= 0.3 is 5.97 Å². The average Bonchev–Trinajstić information content (AvgIpc) is 2.93. The van der Waals surface area contributed by atoms with Gasteiger partial charge in [-0.25, -0.2) is 4.98 Å². The second kappa shape index (κ2) is 10.2. The number of benzene rings is 1. The number of carboxylic acid groups (broad SMARTS) is 1. The van der Waals surface area contributed by atoms with Crippen molar-refractivity contribution in [2.24, 2.45) is 5.92 Å². The fraction of sp³-hybridized carbons (Fsp3) is 0.333. The Balaban J connectivity index is 2.04. The van der Waals surface area contributed by atoms with Crippen LogP contribution in [0.25, 0.3) is 0 Å². The number of thiazole rings is 1. The van der Waals surface area contributed by atoms with Crippen LogP contribution in [0.5, 0.6) is 0 Å². The van der Waals surface area contributed by atoms with E-state index in [0.29, 0.717) is 12.3 Å². The number of aromatic nitrogens is 1. The SMILES string of the molecule is CC(C)CON(C(=O)CC(=O)Nc1nc(CC(=O)O)c(Cl)s1)c1ccccc1. The van der Waals surface area contributed by atoms with Crippen LogP contribution in [0.15, 0.2) is 30.3 Å². The van der Waals surface area contributed by atoms with E-state index in [0.717, 1.165) is 16.4 Å². The Kier molecular flexibility index (Phi) is 7.91. The molecule has 1 aromatic heterocycles. The number of nitrogens with one attached hydrogen (secondary N) is 1. The van der Waals surface area contributed by atoms with Gasteiger partial charge in [-0.1, -0.05) is 55.0 Å². The molecule has 8 nitrogen and oxygen atoms in total. The average molecular weight is 426 g/mol. The van der Waals surface area contributed by atoms with Crippen LogP contribution in [0.3, 0.4) is 0 Å². The molecular weight excluding hydrogens is 406 g/mol. The first-order chi connectivity index (χ1) is 13.3. The van der Waals surface area contributed by atoms with Gasteiger partial charge in [0.2, 0.25) is 5.91 Å². The van der Waals surface area contributed by atoms with Crippen molar-refractivity contribution in [1.82, 2.24) is 4.98 Å². The van der Waals surface area contributed by atoms with Crippen LogP contribution in [-0.2, 0) is 25.6 Å². The lowest BCUT2D eigenvalue weighted by Gasteiger charge is -2.22. The van der Waals surface area contributed by atoms with Crippen molar-refractivity contribution in [1.29, 1.82) is 0 Å². The molecule has 2 amide bonds. The number of nitrogens with zero attached hydrogens (tertiary/aromatic N) is 2. The third-order valence-electron chi connectivity index (χ3n) is 3.28. The molecule has 0 aliphatic carbocycles. The molecule has 150 valence electrons. The number of anilines is 2. The molecule has 0 saturated carbocycles. The van der Waals surface area contributed by atoms with Crippen LogP contribution in [0, 0.1) is 5.92 Å². The van der Waals surface area contributed by atoms with Crippen molar-refractivity contribution in [2.75, 3.05) is 17.0 Å². The van der Waals surface area contributed by atoms with E-state index in [-0.39, 0.29) is 27.5 Å². The van der Waals surface area contributed by atoms with Gasteiger partial charge in [0.1, 0.15) is 10.8 Å². The molecule has 0 saturated heterocycles. The van der Waals surface area contributed by atoms with Crippen molar-refractivity contribution in [3.63, 3.8) is 0 Å². The smallest absolute Gasteiger partial charge is 0.309 e. The first-order valence-electron chi connectivity index (χ1n) is 8.44. The van der Waals surface area contributed by atoms with Gasteiger partial charge in [0, 0.05) is 0 Å². The predicted molar refractivity (Wildman–Crippen MR) is 106 cm³/mol. The van der Waals surface area contributed by atoms with Gasteiger partial charge in [-0.2, -0.15) is 5.06 Å². The molecule has 10 heteroatoms. The summed E-state index contributed by atoms with van der Waals surface area (Å²) in [6, 6.07) is 8.73. The highest BCUT2D eigenvalue weighted by molar-refractivity contribution is 7.19. The summed E-state index contributed by atoms with van der Waals surface area (Å²) in [5, 5.41) is 12.5. The van der Waals surface area contributed by atoms with Crippen molar-refractivity contribution in [2.45, 2.75) is 26.7 Å². The number of carboxylic acids is 1. The van der Waals surface area contributed by atoms with Gasteiger partial charge in [0.05, 0.1) is 24.4 Å². The first-order valence-corrected chi connectivity index (χ1v) is 9.63. The maximum atomic E-state index is 12.6. The molecule has 0 unspecified atom stereocenters. The monoisotopic (exact) mass is 425 g/mol. The van der Waals surface area contributed by atoms with Gasteiger partial charge in [-0.05, 0) is 18.1 Å². The molecule has 0 spiro atoms. The number of carbonyl (C=O) groups is 3. The van der Waals surface area contributed by atoms with Crippen molar-refractivity contribution in [3.8, 4) is 0 Å². The third kappa shape index (κ3) is 6.59. The fourth-order valence-electron chi connectivity index (χ4n) is 2.09. The van der Waals surface area contributed by atoms with Gasteiger partial charge < -0.3 is 10.4 Å². The van der Waals surface area contributed by atoms with E-state index >= 15 is 0 Å². The number of rotatable bonds is 9. The van der Waals surface area contributed by atoms with E-state index < -0.39 is 24.2 Å². The van der Waals surface area contributed by atoms with Crippen LogP contribution < -0.4 is 10.4 Å². The summed E-state index contributed by atoms with van der Waals surface area (Å²) in [6.45, 7) is 4.20. The molecule has 0 fully saturated rings. The van der Waals surface area contributed by atoms with E-state index in [2.05, 4.69) is 10.3 Å². The summed E-state index contributed by atoms with van der Waals surface area (Å²) in [6.07, 6.45) is -0.826. The molecule has 0 radical (unpaired) electrons. The molecule has 0 atom stereocenters. The Morgan fingerprint density at radius 1 is 1.29 bits per heavy atom. The second-order valence-corrected chi connectivity index (χ2v) is 7.85. The summed E-state index contributed by atoms with van der Waals surface area (Å²) in [5.74, 6) is -2.04. The van der Waals surface area contributed by atoms with Gasteiger partial charge in [0.25, 0.3) is 5.91 Å². The molecular formula is C18H20ClN3O5S. The highest BCUT2D eigenvalue weighted by atomic mass is 35.5. The van der Waals surface area contributed by atoms with E-state index in [1.165, 1.54) is 0 Å². The summed E-state index contributed by atoms with van der Waals surface area (Å²) < 4.78 is 0.176. The molecule has 28 heavy (non-hydrogen) atoms. The van der Waals surface area contributed by atoms with E-state index in [4.69, 9.17) is 21.5 Å². The minimum absolute atomic E-state index is 0.133. The molecule has 0 aliphatic heterocycles. The number of hydroxylamine groups is 1. The van der Waals surface area contributed by atoms with Crippen LogP contribution >= 0.6 is 22.9 Å². The van der Waals surface area contributed by atoms with Gasteiger partial charge in [-0.3, -0.25) is 19.2 Å². The Morgan fingerprint density at radius 3 is 2.57 bits per heavy atom. The first kappa shape index (κ1) is 21.8. The minimum atomic E-state index is -1.08. The van der Waals surface area contributed by atoms with Crippen molar-refractivity contribution >= 4 is 51.5 Å². The molecule has 0 aliphatic rings. The lowest BCUT2D eigenvalue weighted by molar-refractivity contribution is -0.136. The number of halogens is 1. The van der Waals surface area contributed by atoms with Crippen molar-refractivity contribution < 1.29 is 24.3 Å². The number of carbonyl (C=O) groups excluding carboxylic acids is 2. The van der Waals surface area contributed by atoms with E-state index in [1.54, 1.807) is 24.3 Å². The number of para-hydroxylation sites is 1. The highest BCUT2D eigenvalue weighted by Crippen LogP contribution is 2.28. The summed E-state index contributed by atoms with van der Waals surface area (Å²) in [4.78, 5) is 45.1. The van der Waals surface area contributed by atoms with Crippen LogP contribution in [0.1, 0.15) is 26.0 Å². The maximum absolute atomic E-state index is 12.6. The zero-order chi connectivity index (χ0) is 20.7. The molecule has 2 rings (SSSR count). The summed E-state index contributed by atoms with van der Waals surface area (Å²) >= 11 is 6.86. The van der Waals surface area contributed by atoms with E-state index in [9.17, 15) is 14.4 Å². The Bertz CT molecular complexity index is 841. The number of aliphatic carboxylic acids is 1. The van der Waals surface area contributed by atoms with E-state index in [1.807, 2.05) is 19.9 Å². The second-order valence-electron chi connectivity index (χ2n) is 6.25. The zero-order valence-corrected chi connectivity index (χ0v) is 16.9. The summed E-state index contributed by atoms with van der Waals surface area (Å²) in [5.41, 5.74) is 0.675. The van der Waals surface area contributed by atoms with Gasteiger partial charge in [-0.15, -0.1) is 0 Å². The standard InChI is InChI=1S/C18H20ClN3O5S/c1-11(2)10-27-22(12-6-4-3-5-7-12)15(24)9-14(23)21-18-20-13(8-16(25)26)17(19)28-18/h3-7,11H,8-10H2,1-2H3,(H,25,26)(H,20,21,23). The van der Waals surface area contributed by atoms with Crippen LogP contribution in [0.2, 0.25) is 4.34 Å². The third-order valence-corrected chi connectivity index (χ3v) is 4.53. The number of hydrogen-bond donors (Lipinski definition) is 2. The maximum Gasteiger partial charge on any atom is 0.309 e. The van der Waals surface area contributed by atoms with Crippen molar-refractivity contribution in [3.05, 3.63) is 40.4 Å². The lowest BCUT2D eigenvalue weighted by atomic mass is 10.2. The largest absolute Gasteiger partial charge is 0.481 e. The number of amides is 2. The van der Waals surface area contributed by atoms with Crippen LogP contribution in [0.4, 0.5) is 10.8 Å². The Morgan fingerprint density at radius 2 is 1.96 bits per heavy atom. The topological polar surface area (TPSA) is 109 Å². The summed E-state index contributed by atoms with van der Waals surface area (Å²) in [7, 11) is 0.